The number of likely N-dealkylation sites (N-methyl/N-ethyl adjacent to an activating group) is 1. The molecule has 0 bridgehead atoms. The Morgan fingerprint density at radius 3 is 2.47 bits per heavy atom. The fraction of sp³-hybridized carbons (Fsp3) is 0.846. The number of ether oxygens (including phenoxy) is 1. The number of nitrogens with zero attached hydrogens (tertiary/aromatic N) is 1. The van der Waals surface area contributed by atoms with E-state index in [0.717, 1.165) is 26.1 Å². The maximum atomic E-state index is 11.8. The van der Waals surface area contributed by atoms with Gasteiger partial charge in [-0.05, 0) is 32.4 Å². The first-order valence-corrected chi connectivity index (χ1v) is 6.96. The number of nitrogens with one attached hydrogen (secondary N) is 1. The summed E-state index contributed by atoms with van der Waals surface area (Å²) in [6, 6.07) is 0. The zero-order valence-electron chi connectivity index (χ0n) is 11.7. The SMILES string of the molecule is CCCN(CC)CCNC(=O)C1CCC(C(=O)O)O1. The molecule has 2 unspecified atom stereocenters. The van der Waals surface area contributed by atoms with E-state index >= 15 is 0 Å². The molecule has 1 amide bonds. The van der Waals surface area contributed by atoms with Crippen LogP contribution in [0.25, 0.3) is 0 Å². The smallest absolute Gasteiger partial charge is 0.332 e. The first-order valence-electron chi connectivity index (χ1n) is 6.96. The average Bonchev–Trinajstić information content (AvgIpc) is 2.87. The van der Waals surface area contributed by atoms with Gasteiger partial charge in [-0.3, -0.25) is 4.79 Å². The van der Waals surface area contributed by atoms with Crippen molar-refractivity contribution < 1.29 is 19.4 Å². The van der Waals surface area contributed by atoms with Crippen molar-refractivity contribution in [3.05, 3.63) is 0 Å². The second kappa shape index (κ2) is 8.12. The van der Waals surface area contributed by atoms with Crippen molar-refractivity contribution in [3.63, 3.8) is 0 Å². The molecular weight excluding hydrogens is 248 g/mol. The highest BCUT2D eigenvalue weighted by molar-refractivity contribution is 5.82. The van der Waals surface area contributed by atoms with Gasteiger partial charge in [0.25, 0.3) is 0 Å². The zero-order chi connectivity index (χ0) is 14.3. The summed E-state index contributed by atoms with van der Waals surface area (Å²) >= 11 is 0. The van der Waals surface area contributed by atoms with Crippen molar-refractivity contribution in [1.29, 1.82) is 0 Å². The summed E-state index contributed by atoms with van der Waals surface area (Å²) in [4.78, 5) is 24.8. The Labute approximate surface area is 114 Å². The van der Waals surface area contributed by atoms with Crippen LogP contribution in [0.4, 0.5) is 0 Å². The third-order valence-electron chi connectivity index (χ3n) is 3.30. The van der Waals surface area contributed by atoms with Crippen LogP contribution in [0.5, 0.6) is 0 Å². The highest BCUT2D eigenvalue weighted by Gasteiger charge is 2.34. The number of carbonyl (C=O) groups is 2. The van der Waals surface area contributed by atoms with Crippen molar-refractivity contribution in [2.24, 2.45) is 0 Å². The van der Waals surface area contributed by atoms with Gasteiger partial charge in [0, 0.05) is 13.1 Å². The number of amides is 1. The molecule has 1 aliphatic heterocycles. The molecule has 0 aromatic rings. The molecule has 6 nitrogen and oxygen atoms in total. The average molecular weight is 272 g/mol. The van der Waals surface area contributed by atoms with E-state index in [-0.39, 0.29) is 5.91 Å². The van der Waals surface area contributed by atoms with E-state index in [9.17, 15) is 9.59 Å². The standard InChI is InChI=1S/C13H24N2O4/c1-3-8-15(4-2)9-7-14-12(16)10-5-6-11(19-10)13(17)18/h10-11H,3-9H2,1-2H3,(H,14,16)(H,17,18). The maximum Gasteiger partial charge on any atom is 0.332 e. The fourth-order valence-corrected chi connectivity index (χ4v) is 2.21. The largest absolute Gasteiger partial charge is 0.479 e. The third kappa shape index (κ3) is 5.16. The van der Waals surface area contributed by atoms with Gasteiger partial charge in [-0.1, -0.05) is 13.8 Å². The Kier molecular flexibility index (Phi) is 6.80. The van der Waals surface area contributed by atoms with Crippen molar-refractivity contribution >= 4 is 11.9 Å². The van der Waals surface area contributed by atoms with E-state index in [4.69, 9.17) is 9.84 Å². The van der Waals surface area contributed by atoms with E-state index in [1.807, 2.05) is 0 Å². The van der Waals surface area contributed by atoms with E-state index < -0.39 is 18.2 Å². The molecule has 19 heavy (non-hydrogen) atoms. The van der Waals surface area contributed by atoms with Gasteiger partial charge in [-0.25, -0.2) is 4.79 Å². The Bertz CT molecular complexity index is 309. The second-order valence-electron chi connectivity index (χ2n) is 4.75. The van der Waals surface area contributed by atoms with E-state index in [1.54, 1.807) is 0 Å². The van der Waals surface area contributed by atoms with E-state index in [1.165, 1.54) is 0 Å². The van der Waals surface area contributed by atoms with Crippen LogP contribution in [0.1, 0.15) is 33.1 Å². The minimum atomic E-state index is -0.990. The topological polar surface area (TPSA) is 78.9 Å². The Hall–Kier alpha value is -1.14. The van der Waals surface area contributed by atoms with Crippen molar-refractivity contribution in [3.8, 4) is 0 Å². The molecule has 1 heterocycles. The number of rotatable bonds is 8. The van der Waals surface area contributed by atoms with Crippen LogP contribution in [0, 0.1) is 0 Å². The Balaban J connectivity index is 2.23. The zero-order valence-corrected chi connectivity index (χ0v) is 11.7. The summed E-state index contributed by atoms with van der Waals surface area (Å²) in [7, 11) is 0. The number of aliphatic carboxylic acids is 1. The minimum Gasteiger partial charge on any atom is -0.479 e. The lowest BCUT2D eigenvalue weighted by Crippen LogP contribution is -2.40. The molecule has 6 heteroatoms. The summed E-state index contributed by atoms with van der Waals surface area (Å²) in [6.07, 6.45) is 0.540. The lowest BCUT2D eigenvalue weighted by atomic mass is 10.2. The summed E-state index contributed by atoms with van der Waals surface area (Å²) < 4.78 is 5.19. The van der Waals surface area contributed by atoms with Crippen LogP contribution >= 0.6 is 0 Å². The van der Waals surface area contributed by atoms with Crippen molar-refractivity contribution in [2.75, 3.05) is 26.2 Å². The van der Waals surface area contributed by atoms with Gasteiger partial charge in [0.2, 0.25) is 5.91 Å². The summed E-state index contributed by atoms with van der Waals surface area (Å²) in [6.45, 7) is 7.59. The molecule has 2 N–H and O–H groups in total. The molecule has 1 rings (SSSR count). The molecule has 2 atom stereocenters. The van der Waals surface area contributed by atoms with Gasteiger partial charge in [-0.15, -0.1) is 0 Å². The van der Waals surface area contributed by atoms with Crippen LogP contribution in [-0.4, -0.2) is 60.3 Å². The summed E-state index contributed by atoms with van der Waals surface area (Å²) in [5, 5.41) is 11.6. The van der Waals surface area contributed by atoms with Crippen molar-refractivity contribution in [1.82, 2.24) is 10.2 Å². The van der Waals surface area contributed by atoms with Gasteiger partial charge in [0.05, 0.1) is 0 Å². The van der Waals surface area contributed by atoms with Gasteiger partial charge in [-0.2, -0.15) is 0 Å². The number of carboxylic acids is 1. The molecule has 0 radical (unpaired) electrons. The maximum absolute atomic E-state index is 11.8. The summed E-state index contributed by atoms with van der Waals surface area (Å²) in [5.41, 5.74) is 0. The van der Waals surface area contributed by atoms with Gasteiger partial charge >= 0.3 is 5.97 Å². The molecule has 0 aliphatic carbocycles. The quantitative estimate of drug-likeness (QED) is 0.671. The molecule has 1 fully saturated rings. The molecular formula is C13H24N2O4. The van der Waals surface area contributed by atoms with Crippen LogP contribution < -0.4 is 5.32 Å². The number of hydrogen-bond donors (Lipinski definition) is 2. The van der Waals surface area contributed by atoms with Crippen LogP contribution in [0.2, 0.25) is 0 Å². The number of hydrogen-bond acceptors (Lipinski definition) is 4. The molecule has 1 aliphatic rings. The van der Waals surface area contributed by atoms with Gasteiger partial charge < -0.3 is 20.1 Å². The predicted octanol–water partition coefficient (Wildman–Crippen LogP) is 0.467. The lowest BCUT2D eigenvalue weighted by Gasteiger charge is -2.20. The van der Waals surface area contributed by atoms with Crippen molar-refractivity contribution in [2.45, 2.75) is 45.3 Å². The molecule has 0 aromatic heterocycles. The predicted molar refractivity (Wildman–Crippen MR) is 70.9 cm³/mol. The highest BCUT2D eigenvalue weighted by atomic mass is 16.5. The van der Waals surface area contributed by atoms with Crippen LogP contribution in [0.3, 0.4) is 0 Å². The van der Waals surface area contributed by atoms with E-state index in [0.29, 0.717) is 19.4 Å². The lowest BCUT2D eigenvalue weighted by molar-refractivity contribution is -0.151. The van der Waals surface area contributed by atoms with Gasteiger partial charge in [0.1, 0.15) is 6.10 Å². The molecule has 1 saturated heterocycles. The Morgan fingerprint density at radius 1 is 1.26 bits per heavy atom. The minimum absolute atomic E-state index is 0.198. The first-order chi connectivity index (χ1) is 9.08. The molecule has 0 spiro atoms. The molecule has 0 saturated carbocycles. The Morgan fingerprint density at radius 2 is 1.95 bits per heavy atom. The normalized spacial score (nSPS) is 22.7. The van der Waals surface area contributed by atoms with Gasteiger partial charge in [0.15, 0.2) is 6.10 Å². The molecule has 110 valence electrons. The monoisotopic (exact) mass is 272 g/mol. The van der Waals surface area contributed by atoms with Crippen LogP contribution in [0.15, 0.2) is 0 Å². The number of carboxylic acid groups (broad SMARTS) is 1. The van der Waals surface area contributed by atoms with E-state index in [2.05, 4.69) is 24.1 Å². The molecule has 0 aromatic carbocycles. The van der Waals surface area contributed by atoms with Crippen LogP contribution in [-0.2, 0) is 14.3 Å². The fourth-order valence-electron chi connectivity index (χ4n) is 2.21. The highest BCUT2D eigenvalue weighted by Crippen LogP contribution is 2.19. The second-order valence-corrected chi connectivity index (χ2v) is 4.75. The third-order valence-corrected chi connectivity index (χ3v) is 3.30. The first kappa shape index (κ1) is 15.9. The summed E-state index contributed by atoms with van der Waals surface area (Å²) in [5.74, 6) is -1.19. The number of carbonyl (C=O) groups excluding carboxylic acids is 1.